The first-order valence-electron chi connectivity index (χ1n) is 8.32. The van der Waals surface area contributed by atoms with Crippen LogP contribution in [0.15, 0.2) is 23.1 Å². The first-order chi connectivity index (χ1) is 11.2. The zero-order chi connectivity index (χ0) is 18.1. The molecule has 0 N–H and O–H groups in total. The van der Waals surface area contributed by atoms with Gasteiger partial charge in [0.15, 0.2) is 0 Å². The molecular formula is C18H27N3O2S. The number of hydrogen-bond acceptors (Lipinski definition) is 3. The van der Waals surface area contributed by atoms with Crippen LogP contribution >= 0.6 is 0 Å². The molecule has 0 aliphatic rings. The Bertz CT molecular complexity index is 814. The van der Waals surface area contributed by atoms with Crippen molar-refractivity contribution in [2.45, 2.75) is 53.0 Å². The van der Waals surface area contributed by atoms with Crippen molar-refractivity contribution >= 4 is 10.0 Å². The second-order valence-electron chi connectivity index (χ2n) is 6.24. The fraction of sp³-hybridized carbons (Fsp3) is 0.500. The summed E-state index contributed by atoms with van der Waals surface area (Å²) in [6, 6.07) is 6.35. The Morgan fingerprint density at radius 1 is 1.00 bits per heavy atom. The van der Waals surface area contributed by atoms with Crippen molar-refractivity contribution in [1.29, 1.82) is 0 Å². The van der Waals surface area contributed by atoms with Crippen LogP contribution in [0.4, 0.5) is 0 Å². The van der Waals surface area contributed by atoms with Crippen molar-refractivity contribution in [3.63, 3.8) is 0 Å². The number of aryl methyl sites for hydroxylation is 3. The van der Waals surface area contributed by atoms with E-state index < -0.39 is 10.0 Å². The number of rotatable bonds is 6. The molecule has 0 bridgehead atoms. The summed E-state index contributed by atoms with van der Waals surface area (Å²) in [7, 11) is -3.50. The summed E-state index contributed by atoms with van der Waals surface area (Å²) in [6.07, 6.45) is 0. The minimum Gasteiger partial charge on any atom is -0.264 e. The maximum atomic E-state index is 12.9. The summed E-state index contributed by atoms with van der Waals surface area (Å²) in [6.45, 7) is 12.9. The molecule has 0 amide bonds. The summed E-state index contributed by atoms with van der Waals surface area (Å²) in [4.78, 5) is 0.343. The normalized spacial score (nSPS) is 12.1. The van der Waals surface area contributed by atoms with Crippen LogP contribution in [0.2, 0.25) is 0 Å². The summed E-state index contributed by atoms with van der Waals surface area (Å²) in [5, 5.41) is 4.49. The van der Waals surface area contributed by atoms with E-state index in [1.165, 1.54) is 15.4 Å². The topological polar surface area (TPSA) is 55.2 Å². The van der Waals surface area contributed by atoms with Crippen LogP contribution < -0.4 is 0 Å². The predicted molar refractivity (Wildman–Crippen MR) is 96.8 cm³/mol. The highest BCUT2D eigenvalue weighted by molar-refractivity contribution is 7.89. The van der Waals surface area contributed by atoms with Gasteiger partial charge in [0.1, 0.15) is 4.90 Å². The summed E-state index contributed by atoms with van der Waals surface area (Å²) in [5.41, 5.74) is 4.78. The lowest BCUT2D eigenvalue weighted by atomic mass is 10.1. The molecule has 0 atom stereocenters. The Morgan fingerprint density at radius 2 is 1.54 bits per heavy atom. The zero-order valence-corrected chi connectivity index (χ0v) is 16.2. The van der Waals surface area contributed by atoms with Crippen molar-refractivity contribution < 1.29 is 8.42 Å². The van der Waals surface area contributed by atoms with Gasteiger partial charge in [-0.05, 0) is 33.3 Å². The van der Waals surface area contributed by atoms with Gasteiger partial charge >= 0.3 is 0 Å². The van der Waals surface area contributed by atoms with Gasteiger partial charge in [-0.2, -0.15) is 9.40 Å². The van der Waals surface area contributed by atoms with E-state index in [9.17, 15) is 8.42 Å². The molecule has 6 heteroatoms. The minimum atomic E-state index is -3.50. The van der Waals surface area contributed by atoms with Gasteiger partial charge < -0.3 is 0 Å². The van der Waals surface area contributed by atoms with E-state index in [4.69, 9.17) is 0 Å². The molecule has 0 aliphatic heterocycles. The molecule has 1 heterocycles. The van der Waals surface area contributed by atoms with Gasteiger partial charge in [-0.15, -0.1) is 0 Å². The monoisotopic (exact) mass is 349 g/mol. The van der Waals surface area contributed by atoms with Gasteiger partial charge in [0, 0.05) is 13.1 Å². The van der Waals surface area contributed by atoms with Crippen LogP contribution in [-0.2, 0) is 16.6 Å². The van der Waals surface area contributed by atoms with Gasteiger partial charge in [-0.3, -0.25) is 4.68 Å². The van der Waals surface area contributed by atoms with Crippen molar-refractivity contribution in [3.05, 3.63) is 46.3 Å². The second-order valence-corrected chi connectivity index (χ2v) is 8.12. The lowest BCUT2D eigenvalue weighted by molar-refractivity contribution is 0.444. The number of nitrogens with zero attached hydrogens (tertiary/aromatic N) is 3. The molecule has 0 saturated carbocycles. The summed E-state index contributed by atoms with van der Waals surface area (Å²) >= 11 is 0. The summed E-state index contributed by atoms with van der Waals surface area (Å²) in [5.74, 6) is 0. The first-order valence-corrected chi connectivity index (χ1v) is 9.76. The molecule has 0 saturated heterocycles. The van der Waals surface area contributed by atoms with Gasteiger partial charge in [0.05, 0.1) is 17.9 Å². The SMILES string of the molecule is CCN(CC)S(=O)(=O)c1c(C)nn(Cc2cc(C)cc(C)c2)c1C. The van der Waals surface area contributed by atoms with E-state index in [1.807, 2.05) is 20.8 Å². The zero-order valence-electron chi connectivity index (χ0n) is 15.4. The number of benzene rings is 1. The van der Waals surface area contributed by atoms with Gasteiger partial charge in [0.2, 0.25) is 10.0 Å². The van der Waals surface area contributed by atoms with Crippen LogP contribution in [0.25, 0.3) is 0 Å². The molecule has 0 radical (unpaired) electrons. The number of sulfonamides is 1. The van der Waals surface area contributed by atoms with E-state index in [0.717, 1.165) is 5.56 Å². The Hall–Kier alpha value is -1.66. The lowest BCUT2D eigenvalue weighted by Crippen LogP contribution is -2.31. The number of hydrogen-bond donors (Lipinski definition) is 0. The van der Waals surface area contributed by atoms with Crippen LogP contribution in [-0.4, -0.2) is 35.6 Å². The quantitative estimate of drug-likeness (QED) is 0.805. The molecule has 1 aromatic carbocycles. The second kappa shape index (κ2) is 7.07. The van der Waals surface area contributed by atoms with E-state index in [0.29, 0.717) is 35.9 Å². The Balaban J connectivity index is 2.46. The molecule has 132 valence electrons. The fourth-order valence-corrected chi connectivity index (χ4v) is 5.06. The average Bonchev–Trinajstić information content (AvgIpc) is 2.73. The Morgan fingerprint density at radius 3 is 2.04 bits per heavy atom. The van der Waals surface area contributed by atoms with Crippen LogP contribution in [0.3, 0.4) is 0 Å². The van der Waals surface area contributed by atoms with E-state index >= 15 is 0 Å². The molecule has 0 aliphatic carbocycles. The van der Waals surface area contributed by atoms with Crippen molar-refractivity contribution in [2.75, 3.05) is 13.1 Å². The van der Waals surface area contributed by atoms with E-state index in [1.54, 1.807) is 11.6 Å². The predicted octanol–water partition coefficient (Wildman–Crippen LogP) is 3.20. The van der Waals surface area contributed by atoms with E-state index in [-0.39, 0.29) is 0 Å². The molecular weight excluding hydrogens is 322 g/mol. The van der Waals surface area contributed by atoms with Crippen LogP contribution in [0.5, 0.6) is 0 Å². The molecule has 24 heavy (non-hydrogen) atoms. The van der Waals surface area contributed by atoms with Crippen LogP contribution in [0, 0.1) is 27.7 Å². The first kappa shape index (κ1) is 18.7. The molecule has 1 aromatic heterocycles. The highest BCUT2D eigenvalue weighted by Gasteiger charge is 2.29. The fourth-order valence-electron chi connectivity index (χ4n) is 3.23. The van der Waals surface area contributed by atoms with Crippen molar-refractivity contribution in [1.82, 2.24) is 14.1 Å². The third kappa shape index (κ3) is 3.54. The third-order valence-electron chi connectivity index (χ3n) is 4.23. The molecule has 2 rings (SSSR count). The largest absolute Gasteiger partial charge is 0.264 e. The molecule has 5 nitrogen and oxygen atoms in total. The average molecular weight is 350 g/mol. The smallest absolute Gasteiger partial charge is 0.246 e. The highest BCUT2D eigenvalue weighted by Crippen LogP contribution is 2.24. The maximum absolute atomic E-state index is 12.9. The molecule has 0 fully saturated rings. The third-order valence-corrected chi connectivity index (χ3v) is 6.54. The Labute approximate surface area is 145 Å². The molecule has 0 unspecified atom stereocenters. The maximum Gasteiger partial charge on any atom is 0.246 e. The summed E-state index contributed by atoms with van der Waals surface area (Å²) < 4.78 is 29.0. The standard InChI is InChI=1S/C18H27N3O2S/c1-7-20(8-2)24(22,23)18-15(5)19-21(16(18)6)12-17-10-13(3)9-14(4)11-17/h9-11H,7-8,12H2,1-6H3. The number of aromatic nitrogens is 2. The Kier molecular flexibility index (Phi) is 5.50. The van der Waals surface area contributed by atoms with Crippen molar-refractivity contribution in [3.8, 4) is 0 Å². The minimum absolute atomic E-state index is 0.343. The van der Waals surface area contributed by atoms with Gasteiger partial charge in [0.25, 0.3) is 0 Å². The van der Waals surface area contributed by atoms with Gasteiger partial charge in [-0.25, -0.2) is 8.42 Å². The van der Waals surface area contributed by atoms with E-state index in [2.05, 4.69) is 37.1 Å². The van der Waals surface area contributed by atoms with Gasteiger partial charge in [-0.1, -0.05) is 43.2 Å². The molecule has 2 aromatic rings. The highest BCUT2D eigenvalue weighted by atomic mass is 32.2. The van der Waals surface area contributed by atoms with Crippen molar-refractivity contribution in [2.24, 2.45) is 0 Å². The lowest BCUT2D eigenvalue weighted by Gasteiger charge is -2.18. The molecule has 0 spiro atoms. The van der Waals surface area contributed by atoms with Crippen LogP contribution in [0.1, 0.15) is 41.9 Å².